The molecule has 0 radical (unpaired) electrons. The molecule has 1 aliphatic rings. The summed E-state index contributed by atoms with van der Waals surface area (Å²) in [7, 11) is 0. The Balaban J connectivity index is 1.59. The van der Waals surface area contributed by atoms with Crippen molar-refractivity contribution in [2.45, 2.75) is 53.1 Å². The van der Waals surface area contributed by atoms with Crippen molar-refractivity contribution in [2.75, 3.05) is 13.1 Å². The van der Waals surface area contributed by atoms with E-state index in [1.54, 1.807) is 0 Å². The first-order chi connectivity index (χ1) is 14.2. The normalized spacial score (nSPS) is 15.4. The van der Waals surface area contributed by atoms with Gasteiger partial charge in [0, 0.05) is 13.1 Å². The Morgan fingerprint density at radius 2 is 1.60 bits per heavy atom. The molecule has 3 rings (SSSR count). The molecule has 4 heteroatoms. The number of carbonyl (C=O) groups is 1. The average molecular weight is 408 g/mol. The van der Waals surface area contributed by atoms with Crippen LogP contribution in [0.3, 0.4) is 0 Å². The Hall–Kier alpha value is -2.75. The van der Waals surface area contributed by atoms with Crippen LogP contribution >= 0.6 is 0 Å². The number of hydrogen-bond acceptors (Lipinski definition) is 3. The molecule has 4 nitrogen and oxygen atoms in total. The smallest absolute Gasteiger partial charge is 0.410 e. The summed E-state index contributed by atoms with van der Waals surface area (Å²) in [6.45, 7) is 11.4. The highest BCUT2D eigenvalue weighted by atomic mass is 16.6. The van der Waals surface area contributed by atoms with E-state index in [0.29, 0.717) is 5.92 Å². The molecule has 1 heterocycles. The second-order valence-corrected chi connectivity index (χ2v) is 9.05. The van der Waals surface area contributed by atoms with Crippen LogP contribution in [0, 0.1) is 19.8 Å². The first kappa shape index (κ1) is 21.9. The molecule has 0 atom stereocenters. The Kier molecular flexibility index (Phi) is 6.86. The lowest BCUT2D eigenvalue weighted by molar-refractivity contribution is 0.0197. The Labute approximate surface area is 180 Å². The third kappa shape index (κ3) is 6.12. The fourth-order valence-corrected chi connectivity index (χ4v) is 3.71. The molecule has 0 spiro atoms. The van der Waals surface area contributed by atoms with E-state index >= 15 is 0 Å². The Morgan fingerprint density at radius 1 is 1.00 bits per heavy atom. The van der Waals surface area contributed by atoms with Gasteiger partial charge < -0.3 is 14.4 Å². The van der Waals surface area contributed by atoms with Gasteiger partial charge in [-0.3, -0.25) is 0 Å². The number of aryl methyl sites for hydroxylation is 2. The average Bonchev–Trinajstić information content (AvgIpc) is 2.67. The van der Waals surface area contributed by atoms with Gasteiger partial charge in [-0.1, -0.05) is 30.4 Å². The van der Waals surface area contributed by atoms with Crippen molar-refractivity contribution in [3.05, 3.63) is 65.2 Å². The van der Waals surface area contributed by atoms with Gasteiger partial charge in [0.05, 0.1) is 0 Å². The molecule has 0 aliphatic carbocycles. The summed E-state index contributed by atoms with van der Waals surface area (Å²) in [5, 5.41) is 0. The molecule has 2 aromatic rings. The summed E-state index contributed by atoms with van der Waals surface area (Å²) >= 11 is 0. The van der Waals surface area contributed by atoms with Crippen molar-refractivity contribution in [3.8, 4) is 11.5 Å². The molecule has 0 unspecified atom stereocenters. The van der Waals surface area contributed by atoms with Crippen LogP contribution in [0.25, 0.3) is 6.08 Å². The summed E-state index contributed by atoms with van der Waals surface area (Å²) < 4.78 is 11.5. The molecule has 30 heavy (non-hydrogen) atoms. The number of allylic oxidation sites excluding steroid dienone is 1. The number of hydrogen-bond donors (Lipinski definition) is 0. The minimum Gasteiger partial charge on any atom is -0.457 e. The largest absolute Gasteiger partial charge is 0.457 e. The van der Waals surface area contributed by atoms with E-state index in [4.69, 9.17) is 9.47 Å². The van der Waals surface area contributed by atoms with Crippen molar-refractivity contribution in [1.82, 2.24) is 4.90 Å². The topological polar surface area (TPSA) is 38.8 Å². The van der Waals surface area contributed by atoms with Crippen molar-refractivity contribution < 1.29 is 14.3 Å². The molecule has 160 valence electrons. The van der Waals surface area contributed by atoms with Crippen LogP contribution in [-0.2, 0) is 4.74 Å². The van der Waals surface area contributed by atoms with E-state index in [-0.39, 0.29) is 6.09 Å². The predicted octanol–water partition coefficient (Wildman–Crippen LogP) is 6.76. The second kappa shape index (κ2) is 9.38. The molecular weight excluding hydrogens is 374 g/mol. The zero-order valence-electron chi connectivity index (χ0n) is 18.8. The monoisotopic (exact) mass is 407 g/mol. The van der Waals surface area contributed by atoms with Crippen molar-refractivity contribution in [3.63, 3.8) is 0 Å². The third-order valence-corrected chi connectivity index (χ3v) is 5.27. The predicted molar refractivity (Wildman–Crippen MR) is 122 cm³/mol. The van der Waals surface area contributed by atoms with Crippen molar-refractivity contribution in [2.24, 2.45) is 5.92 Å². The standard InChI is InChI=1S/C26H33NO3/c1-19-17-23(29-22-9-7-6-8-10-22)18-20(2)24(19)12-11-21-13-15-27(16-14-21)25(28)30-26(3,4)5/h6-12,17-18,21H,13-16H2,1-5H3/b12-11+. The van der Waals surface area contributed by atoms with E-state index in [9.17, 15) is 4.79 Å². The van der Waals surface area contributed by atoms with Crippen molar-refractivity contribution >= 4 is 12.2 Å². The first-order valence-electron chi connectivity index (χ1n) is 10.7. The number of nitrogens with zero attached hydrogens (tertiary/aromatic N) is 1. The summed E-state index contributed by atoms with van der Waals surface area (Å²) in [5.41, 5.74) is 3.19. The van der Waals surface area contributed by atoms with Gasteiger partial charge in [-0.25, -0.2) is 4.79 Å². The number of amides is 1. The molecule has 1 fully saturated rings. The molecule has 1 saturated heterocycles. The lowest BCUT2D eigenvalue weighted by Gasteiger charge is -2.32. The van der Waals surface area contributed by atoms with Crippen LogP contribution in [0.4, 0.5) is 4.79 Å². The highest BCUT2D eigenvalue weighted by Crippen LogP contribution is 2.28. The maximum atomic E-state index is 12.2. The van der Waals surface area contributed by atoms with Gasteiger partial charge in [0.15, 0.2) is 0 Å². The Bertz CT molecular complexity index is 865. The fraction of sp³-hybridized carbons (Fsp3) is 0.423. The van der Waals surface area contributed by atoms with E-state index in [0.717, 1.165) is 37.4 Å². The maximum absolute atomic E-state index is 12.2. The summed E-state index contributed by atoms with van der Waals surface area (Å²) in [4.78, 5) is 14.0. The number of likely N-dealkylation sites (tertiary alicyclic amines) is 1. The lowest BCUT2D eigenvalue weighted by Crippen LogP contribution is -2.41. The molecule has 0 N–H and O–H groups in total. The van der Waals surface area contributed by atoms with Gasteiger partial charge >= 0.3 is 6.09 Å². The molecule has 2 aromatic carbocycles. The van der Waals surface area contributed by atoms with E-state index in [2.05, 4.69) is 38.1 Å². The maximum Gasteiger partial charge on any atom is 0.410 e. The van der Waals surface area contributed by atoms with E-state index in [1.807, 2.05) is 56.0 Å². The van der Waals surface area contributed by atoms with Gasteiger partial charge in [-0.2, -0.15) is 0 Å². The molecule has 1 aliphatic heterocycles. The van der Waals surface area contributed by atoms with Gasteiger partial charge in [0.1, 0.15) is 17.1 Å². The molecule has 0 aromatic heterocycles. The van der Waals surface area contributed by atoms with Crippen LogP contribution in [0.5, 0.6) is 11.5 Å². The highest BCUT2D eigenvalue weighted by Gasteiger charge is 2.25. The Morgan fingerprint density at radius 3 is 2.17 bits per heavy atom. The van der Waals surface area contributed by atoms with Crippen molar-refractivity contribution in [1.29, 1.82) is 0 Å². The van der Waals surface area contributed by atoms with Crippen LogP contribution in [0.2, 0.25) is 0 Å². The number of benzene rings is 2. The van der Waals surface area contributed by atoms with Crippen LogP contribution in [-0.4, -0.2) is 29.7 Å². The lowest BCUT2D eigenvalue weighted by atomic mass is 9.94. The number of piperidine rings is 1. The van der Waals surface area contributed by atoms with Gasteiger partial charge in [0.2, 0.25) is 0 Å². The van der Waals surface area contributed by atoms with E-state index in [1.165, 1.54) is 16.7 Å². The molecule has 1 amide bonds. The highest BCUT2D eigenvalue weighted by molar-refractivity contribution is 5.68. The zero-order chi connectivity index (χ0) is 21.7. The minimum absolute atomic E-state index is 0.203. The molecular formula is C26H33NO3. The van der Waals surface area contributed by atoms with Crippen LogP contribution in [0.1, 0.15) is 50.3 Å². The SMILES string of the molecule is Cc1cc(Oc2ccccc2)cc(C)c1/C=C/C1CCN(C(=O)OC(C)(C)C)CC1. The number of rotatable bonds is 4. The van der Waals surface area contributed by atoms with Gasteiger partial charge in [-0.15, -0.1) is 0 Å². The summed E-state index contributed by atoms with van der Waals surface area (Å²) in [6, 6.07) is 14.0. The third-order valence-electron chi connectivity index (χ3n) is 5.27. The fourth-order valence-electron chi connectivity index (χ4n) is 3.71. The number of ether oxygens (including phenoxy) is 2. The quantitative estimate of drug-likeness (QED) is 0.562. The molecule has 0 saturated carbocycles. The van der Waals surface area contributed by atoms with Gasteiger partial charge in [0.25, 0.3) is 0 Å². The number of para-hydroxylation sites is 1. The first-order valence-corrected chi connectivity index (χ1v) is 10.7. The van der Waals surface area contributed by atoms with Crippen LogP contribution in [0.15, 0.2) is 48.5 Å². The van der Waals surface area contributed by atoms with Crippen LogP contribution < -0.4 is 4.74 Å². The zero-order valence-corrected chi connectivity index (χ0v) is 18.8. The number of carbonyl (C=O) groups excluding carboxylic acids is 1. The summed E-state index contributed by atoms with van der Waals surface area (Å²) in [5.74, 6) is 2.18. The van der Waals surface area contributed by atoms with E-state index < -0.39 is 5.60 Å². The molecule has 0 bridgehead atoms. The summed E-state index contributed by atoms with van der Waals surface area (Å²) in [6.07, 6.45) is 6.24. The minimum atomic E-state index is -0.445. The van der Waals surface area contributed by atoms with Gasteiger partial charge in [-0.05, 0) is 94.3 Å². The second-order valence-electron chi connectivity index (χ2n) is 9.05.